The van der Waals surface area contributed by atoms with Crippen molar-refractivity contribution in [2.75, 3.05) is 13.1 Å². The Kier molecular flexibility index (Phi) is 4.46. The second kappa shape index (κ2) is 6.82. The van der Waals surface area contributed by atoms with E-state index in [2.05, 4.69) is 10.6 Å². The summed E-state index contributed by atoms with van der Waals surface area (Å²) in [4.78, 5) is 39.3. The van der Waals surface area contributed by atoms with Gasteiger partial charge in [0.25, 0.3) is 5.91 Å². The fourth-order valence-corrected chi connectivity index (χ4v) is 6.92. The lowest BCUT2D eigenvalue weighted by atomic mass is 9.49. The van der Waals surface area contributed by atoms with Crippen LogP contribution in [0.4, 0.5) is 4.79 Å². The van der Waals surface area contributed by atoms with Crippen LogP contribution in [-0.2, 0) is 15.1 Å². The van der Waals surface area contributed by atoms with Gasteiger partial charge in [-0.1, -0.05) is 29.8 Å². The third kappa shape index (κ3) is 3.21. The van der Waals surface area contributed by atoms with E-state index in [1.807, 2.05) is 31.2 Å². The normalized spacial score (nSPS) is 36.9. The molecular formula is C24H31N3O3. The zero-order chi connectivity index (χ0) is 21.1. The van der Waals surface area contributed by atoms with Gasteiger partial charge < -0.3 is 10.6 Å². The van der Waals surface area contributed by atoms with Gasteiger partial charge in [0.1, 0.15) is 12.1 Å². The minimum absolute atomic E-state index is 0.224. The maximum Gasteiger partial charge on any atom is 0.325 e. The predicted molar refractivity (Wildman–Crippen MR) is 112 cm³/mol. The maximum absolute atomic E-state index is 13.0. The molecule has 30 heavy (non-hydrogen) atoms. The first-order chi connectivity index (χ1) is 14.3. The highest BCUT2D eigenvalue weighted by Gasteiger charge is 2.52. The Morgan fingerprint density at radius 1 is 1.07 bits per heavy atom. The highest BCUT2D eigenvalue weighted by atomic mass is 16.2. The van der Waals surface area contributed by atoms with Crippen LogP contribution in [-0.4, -0.2) is 35.8 Å². The molecule has 5 aliphatic rings. The smallest absolute Gasteiger partial charge is 0.325 e. The summed E-state index contributed by atoms with van der Waals surface area (Å²) in [5, 5.41) is 5.85. The van der Waals surface area contributed by atoms with Gasteiger partial charge in [-0.3, -0.25) is 14.5 Å². The Morgan fingerprint density at radius 2 is 1.63 bits per heavy atom. The van der Waals surface area contributed by atoms with Crippen LogP contribution in [0.1, 0.15) is 56.6 Å². The number of hydrogen-bond donors (Lipinski definition) is 2. The van der Waals surface area contributed by atoms with Gasteiger partial charge in [0.2, 0.25) is 5.91 Å². The molecule has 0 unspecified atom stereocenters. The lowest BCUT2D eigenvalue weighted by Gasteiger charge is -2.56. The van der Waals surface area contributed by atoms with E-state index in [-0.39, 0.29) is 23.8 Å². The molecule has 1 saturated heterocycles. The highest BCUT2D eigenvalue weighted by molar-refractivity contribution is 6.09. The third-order valence-electron chi connectivity index (χ3n) is 8.03. The van der Waals surface area contributed by atoms with Gasteiger partial charge in [0, 0.05) is 6.54 Å². The van der Waals surface area contributed by atoms with E-state index in [9.17, 15) is 14.4 Å². The molecule has 1 atom stereocenters. The van der Waals surface area contributed by atoms with Crippen molar-refractivity contribution in [3.63, 3.8) is 0 Å². The molecule has 1 heterocycles. The minimum Gasteiger partial charge on any atom is -0.354 e. The van der Waals surface area contributed by atoms with Crippen molar-refractivity contribution in [3.05, 3.63) is 35.4 Å². The van der Waals surface area contributed by atoms with Gasteiger partial charge in [-0.15, -0.1) is 0 Å². The Balaban J connectivity index is 1.22. The van der Waals surface area contributed by atoms with Crippen LogP contribution in [0.5, 0.6) is 0 Å². The zero-order valence-electron chi connectivity index (χ0n) is 17.9. The number of benzene rings is 1. The van der Waals surface area contributed by atoms with Crippen molar-refractivity contribution in [2.24, 2.45) is 23.2 Å². The van der Waals surface area contributed by atoms with E-state index >= 15 is 0 Å². The molecule has 0 spiro atoms. The summed E-state index contributed by atoms with van der Waals surface area (Å²) in [6.07, 6.45) is 7.75. The standard InChI is InChI=1S/C24H31N3O3/c1-15-3-5-19(6-4-15)23(2)21(29)27(22(30)26-23)13-20(28)25-14-24-10-16-7-17(11-24)9-18(8-16)12-24/h3-6,16-18H,7-14H2,1-2H3,(H,25,28)(H,26,30)/t16?,17?,18?,23-,24?/m0/s1. The van der Waals surface area contributed by atoms with Crippen molar-refractivity contribution < 1.29 is 14.4 Å². The quantitative estimate of drug-likeness (QED) is 0.734. The summed E-state index contributed by atoms with van der Waals surface area (Å²) >= 11 is 0. The number of carbonyl (C=O) groups excluding carboxylic acids is 3. The summed E-state index contributed by atoms with van der Waals surface area (Å²) in [6, 6.07) is 7.03. The van der Waals surface area contributed by atoms with Gasteiger partial charge in [-0.2, -0.15) is 0 Å². The van der Waals surface area contributed by atoms with Crippen LogP contribution in [0, 0.1) is 30.1 Å². The first-order valence-electron chi connectivity index (χ1n) is 11.2. The van der Waals surface area contributed by atoms with Crippen LogP contribution in [0.3, 0.4) is 0 Å². The Morgan fingerprint density at radius 3 is 2.20 bits per heavy atom. The van der Waals surface area contributed by atoms with Crippen molar-refractivity contribution >= 4 is 17.8 Å². The van der Waals surface area contributed by atoms with E-state index in [4.69, 9.17) is 0 Å². The Bertz CT molecular complexity index is 858. The minimum atomic E-state index is -1.13. The number of rotatable bonds is 5. The highest BCUT2D eigenvalue weighted by Crippen LogP contribution is 2.59. The molecule has 6 rings (SSSR count). The average molecular weight is 410 g/mol. The molecule has 6 nitrogen and oxygen atoms in total. The number of nitrogens with one attached hydrogen (secondary N) is 2. The molecular weight excluding hydrogens is 378 g/mol. The van der Waals surface area contributed by atoms with E-state index in [1.165, 1.54) is 38.5 Å². The third-order valence-corrected chi connectivity index (χ3v) is 8.03. The number of aryl methyl sites for hydroxylation is 1. The van der Waals surface area contributed by atoms with Crippen molar-refractivity contribution in [3.8, 4) is 0 Å². The fourth-order valence-electron chi connectivity index (χ4n) is 6.92. The molecule has 1 aromatic carbocycles. The topological polar surface area (TPSA) is 78.5 Å². The number of hydrogen-bond acceptors (Lipinski definition) is 3. The lowest BCUT2D eigenvalue weighted by molar-refractivity contribution is -0.135. The van der Waals surface area contributed by atoms with Gasteiger partial charge >= 0.3 is 6.03 Å². The molecule has 6 heteroatoms. The van der Waals surface area contributed by atoms with Crippen LogP contribution < -0.4 is 10.6 Å². The Hall–Kier alpha value is -2.37. The van der Waals surface area contributed by atoms with Crippen molar-refractivity contribution in [1.82, 2.24) is 15.5 Å². The van der Waals surface area contributed by atoms with Gasteiger partial charge in [-0.05, 0) is 81.1 Å². The van der Waals surface area contributed by atoms with Crippen molar-refractivity contribution in [2.45, 2.75) is 57.9 Å². The van der Waals surface area contributed by atoms with Crippen LogP contribution in [0.25, 0.3) is 0 Å². The molecule has 0 aromatic heterocycles. The number of urea groups is 1. The van der Waals surface area contributed by atoms with Gasteiger partial charge in [0.15, 0.2) is 0 Å². The summed E-state index contributed by atoms with van der Waals surface area (Å²) in [5.41, 5.74) is 0.909. The number of amides is 4. The monoisotopic (exact) mass is 409 g/mol. The van der Waals surface area contributed by atoms with E-state index in [0.29, 0.717) is 6.54 Å². The molecule has 4 aliphatic carbocycles. The molecule has 5 fully saturated rings. The van der Waals surface area contributed by atoms with Crippen LogP contribution in [0.2, 0.25) is 0 Å². The predicted octanol–water partition coefficient (Wildman–Crippen LogP) is 3.09. The number of imide groups is 1. The molecule has 160 valence electrons. The fraction of sp³-hybridized carbons (Fsp3) is 0.625. The molecule has 1 aliphatic heterocycles. The van der Waals surface area contributed by atoms with Gasteiger partial charge in [0.05, 0.1) is 0 Å². The summed E-state index contributed by atoms with van der Waals surface area (Å²) in [6.45, 7) is 4.12. The summed E-state index contributed by atoms with van der Waals surface area (Å²) < 4.78 is 0. The first kappa shape index (κ1) is 19.6. The second-order valence-electron chi connectivity index (χ2n) is 10.5. The zero-order valence-corrected chi connectivity index (χ0v) is 17.9. The molecule has 0 radical (unpaired) electrons. The molecule has 4 saturated carbocycles. The largest absolute Gasteiger partial charge is 0.354 e. The van der Waals surface area contributed by atoms with Crippen LogP contribution in [0.15, 0.2) is 24.3 Å². The molecule has 4 bridgehead atoms. The number of nitrogens with zero attached hydrogens (tertiary/aromatic N) is 1. The molecule has 2 N–H and O–H groups in total. The Labute approximate surface area is 177 Å². The SMILES string of the molecule is Cc1ccc([C@]2(C)NC(=O)N(CC(=O)NCC34CC5CC(CC(C5)C3)C4)C2=O)cc1. The lowest BCUT2D eigenvalue weighted by Crippen LogP contribution is -2.52. The average Bonchev–Trinajstić information content (AvgIpc) is 2.90. The summed E-state index contributed by atoms with van der Waals surface area (Å²) in [5.74, 6) is 1.86. The van der Waals surface area contributed by atoms with Crippen LogP contribution >= 0.6 is 0 Å². The first-order valence-corrected chi connectivity index (χ1v) is 11.2. The second-order valence-corrected chi connectivity index (χ2v) is 10.5. The number of carbonyl (C=O) groups is 3. The van der Waals surface area contributed by atoms with E-state index in [0.717, 1.165) is 33.8 Å². The van der Waals surface area contributed by atoms with Crippen molar-refractivity contribution in [1.29, 1.82) is 0 Å². The summed E-state index contributed by atoms with van der Waals surface area (Å²) in [7, 11) is 0. The van der Waals surface area contributed by atoms with E-state index in [1.54, 1.807) is 6.92 Å². The van der Waals surface area contributed by atoms with Gasteiger partial charge in [-0.25, -0.2) is 4.79 Å². The molecule has 1 aromatic rings. The maximum atomic E-state index is 13.0. The van der Waals surface area contributed by atoms with E-state index < -0.39 is 11.6 Å². The molecule has 4 amide bonds.